The molecule has 1 atom stereocenters. The first-order valence-corrected chi connectivity index (χ1v) is 7.74. The number of hydrogen-bond acceptors (Lipinski definition) is 3. The summed E-state index contributed by atoms with van der Waals surface area (Å²) in [4.78, 5) is 4.95. The van der Waals surface area contributed by atoms with Crippen molar-refractivity contribution in [1.82, 2.24) is 15.1 Å². The van der Waals surface area contributed by atoms with E-state index < -0.39 is 0 Å². The van der Waals surface area contributed by atoms with Gasteiger partial charge in [-0.1, -0.05) is 19.1 Å². The van der Waals surface area contributed by atoms with Crippen LogP contribution in [0.1, 0.15) is 30.5 Å². The molecule has 0 aliphatic carbocycles. The summed E-state index contributed by atoms with van der Waals surface area (Å²) in [5.41, 5.74) is 2.05. The summed E-state index contributed by atoms with van der Waals surface area (Å²) in [6, 6.07) is 5.66. The largest absolute Gasteiger partial charge is 0.311 e. The van der Waals surface area contributed by atoms with E-state index >= 15 is 0 Å². The van der Waals surface area contributed by atoms with Crippen molar-refractivity contribution in [3.8, 4) is 0 Å². The molecule has 1 aromatic rings. The highest BCUT2D eigenvalue weighted by Gasteiger charge is 2.30. The fraction of sp³-hybridized carbons (Fsp3) is 0.625. The predicted molar refractivity (Wildman–Crippen MR) is 79.2 cm³/mol. The number of hydrogen-bond donors (Lipinski definition) is 1. The zero-order valence-electron chi connectivity index (χ0n) is 12.2. The van der Waals surface area contributed by atoms with Crippen LogP contribution < -0.4 is 5.32 Å². The minimum absolute atomic E-state index is 0.0370. The van der Waals surface area contributed by atoms with Crippen LogP contribution in [0, 0.1) is 5.82 Å². The molecule has 3 nitrogen and oxygen atoms in total. The Hall–Kier alpha value is -0.970. The van der Waals surface area contributed by atoms with Crippen LogP contribution in [-0.4, -0.2) is 49.1 Å². The Morgan fingerprint density at radius 1 is 1.25 bits per heavy atom. The SMILES string of the molecule is CCCN1CCN([C@H]2CNCc3cccc(F)c32)CC1. The third-order valence-corrected chi connectivity index (χ3v) is 4.52. The summed E-state index contributed by atoms with van der Waals surface area (Å²) < 4.78 is 14.2. The second-order valence-corrected chi connectivity index (χ2v) is 5.84. The lowest BCUT2D eigenvalue weighted by molar-refractivity contribution is 0.0901. The number of benzene rings is 1. The van der Waals surface area contributed by atoms with Gasteiger partial charge in [-0.15, -0.1) is 0 Å². The molecule has 2 heterocycles. The van der Waals surface area contributed by atoms with Crippen LogP contribution in [0.5, 0.6) is 0 Å². The van der Waals surface area contributed by atoms with Crippen molar-refractivity contribution in [3.05, 3.63) is 35.1 Å². The molecule has 0 bridgehead atoms. The van der Waals surface area contributed by atoms with Gasteiger partial charge >= 0.3 is 0 Å². The molecule has 0 amide bonds. The van der Waals surface area contributed by atoms with Gasteiger partial charge in [0.1, 0.15) is 5.82 Å². The zero-order valence-corrected chi connectivity index (χ0v) is 12.2. The monoisotopic (exact) mass is 277 g/mol. The van der Waals surface area contributed by atoms with Gasteiger partial charge in [-0.3, -0.25) is 4.90 Å². The summed E-state index contributed by atoms with van der Waals surface area (Å²) in [5, 5.41) is 3.43. The van der Waals surface area contributed by atoms with Crippen molar-refractivity contribution in [2.24, 2.45) is 0 Å². The Morgan fingerprint density at radius 3 is 2.80 bits per heavy atom. The summed E-state index contributed by atoms with van der Waals surface area (Å²) in [5.74, 6) is -0.0370. The molecular formula is C16H24FN3. The minimum Gasteiger partial charge on any atom is -0.311 e. The molecule has 0 aromatic heterocycles. The topological polar surface area (TPSA) is 18.5 Å². The molecule has 0 radical (unpaired) electrons. The Kier molecular flexibility index (Phi) is 4.34. The Bertz CT molecular complexity index is 455. The van der Waals surface area contributed by atoms with Gasteiger partial charge in [0, 0.05) is 44.8 Å². The van der Waals surface area contributed by atoms with Crippen LogP contribution in [0.2, 0.25) is 0 Å². The number of halogens is 1. The lowest BCUT2D eigenvalue weighted by Crippen LogP contribution is -2.50. The van der Waals surface area contributed by atoms with E-state index in [9.17, 15) is 4.39 Å². The molecule has 1 fully saturated rings. The molecule has 110 valence electrons. The van der Waals surface area contributed by atoms with Gasteiger partial charge in [-0.25, -0.2) is 4.39 Å². The van der Waals surface area contributed by atoms with E-state index in [0.717, 1.165) is 50.4 Å². The van der Waals surface area contributed by atoms with E-state index in [-0.39, 0.29) is 11.9 Å². The van der Waals surface area contributed by atoms with Gasteiger partial charge in [0.15, 0.2) is 0 Å². The molecule has 1 saturated heterocycles. The molecule has 0 saturated carbocycles. The third-order valence-electron chi connectivity index (χ3n) is 4.52. The first kappa shape index (κ1) is 14.0. The third kappa shape index (κ3) is 2.73. The van der Waals surface area contributed by atoms with E-state index in [1.54, 1.807) is 6.07 Å². The Morgan fingerprint density at radius 2 is 2.05 bits per heavy atom. The molecule has 1 aromatic carbocycles. The average molecular weight is 277 g/mol. The van der Waals surface area contributed by atoms with Crippen LogP contribution in [0.25, 0.3) is 0 Å². The smallest absolute Gasteiger partial charge is 0.128 e. The maximum absolute atomic E-state index is 14.2. The number of rotatable bonds is 3. The van der Waals surface area contributed by atoms with Crippen molar-refractivity contribution in [2.45, 2.75) is 25.9 Å². The number of piperazine rings is 1. The number of fused-ring (bicyclic) bond motifs is 1. The molecule has 1 N–H and O–H groups in total. The number of nitrogens with zero attached hydrogens (tertiary/aromatic N) is 2. The van der Waals surface area contributed by atoms with Crippen LogP contribution in [0.15, 0.2) is 18.2 Å². The van der Waals surface area contributed by atoms with Crippen molar-refractivity contribution < 1.29 is 4.39 Å². The number of nitrogens with one attached hydrogen (secondary N) is 1. The average Bonchev–Trinajstić information content (AvgIpc) is 2.48. The van der Waals surface area contributed by atoms with Crippen molar-refractivity contribution in [3.63, 3.8) is 0 Å². The van der Waals surface area contributed by atoms with E-state index in [0.29, 0.717) is 0 Å². The standard InChI is InChI=1S/C16H24FN3/c1-2-6-19-7-9-20(10-8-19)15-12-18-11-13-4-3-5-14(17)16(13)15/h3-5,15,18H,2,6-12H2,1H3/t15-/m0/s1. The molecule has 0 unspecified atom stereocenters. The second-order valence-electron chi connectivity index (χ2n) is 5.84. The highest BCUT2D eigenvalue weighted by Crippen LogP contribution is 2.30. The fourth-order valence-corrected chi connectivity index (χ4v) is 3.48. The molecule has 4 heteroatoms. The molecular weight excluding hydrogens is 253 g/mol. The van der Waals surface area contributed by atoms with Gasteiger partial charge in [0.2, 0.25) is 0 Å². The van der Waals surface area contributed by atoms with Crippen molar-refractivity contribution >= 4 is 0 Å². The first-order valence-electron chi connectivity index (χ1n) is 7.74. The second kappa shape index (κ2) is 6.20. The normalized spacial score (nSPS) is 24.6. The molecule has 0 spiro atoms. The Labute approximate surface area is 120 Å². The summed E-state index contributed by atoms with van der Waals surface area (Å²) in [6.07, 6.45) is 1.21. The summed E-state index contributed by atoms with van der Waals surface area (Å²) >= 11 is 0. The van der Waals surface area contributed by atoms with Gasteiger partial charge in [-0.05, 0) is 24.6 Å². The van der Waals surface area contributed by atoms with Crippen LogP contribution >= 0.6 is 0 Å². The van der Waals surface area contributed by atoms with Gasteiger partial charge in [-0.2, -0.15) is 0 Å². The summed E-state index contributed by atoms with van der Waals surface area (Å²) in [7, 11) is 0. The zero-order chi connectivity index (χ0) is 13.9. The van der Waals surface area contributed by atoms with Crippen LogP contribution in [0.3, 0.4) is 0 Å². The Balaban J connectivity index is 1.74. The molecule has 20 heavy (non-hydrogen) atoms. The maximum Gasteiger partial charge on any atom is 0.128 e. The van der Waals surface area contributed by atoms with E-state index in [1.165, 1.54) is 13.0 Å². The van der Waals surface area contributed by atoms with Crippen molar-refractivity contribution in [2.75, 3.05) is 39.3 Å². The predicted octanol–water partition coefficient (Wildman–Crippen LogP) is 2.00. The first-order chi connectivity index (χ1) is 9.79. The quantitative estimate of drug-likeness (QED) is 0.911. The molecule has 2 aliphatic rings. The van der Waals surface area contributed by atoms with Gasteiger partial charge < -0.3 is 10.2 Å². The van der Waals surface area contributed by atoms with E-state index in [2.05, 4.69) is 22.0 Å². The van der Waals surface area contributed by atoms with E-state index in [1.807, 2.05) is 12.1 Å². The van der Waals surface area contributed by atoms with Gasteiger partial charge in [0.25, 0.3) is 0 Å². The summed E-state index contributed by atoms with van der Waals surface area (Å²) in [6.45, 7) is 9.36. The highest BCUT2D eigenvalue weighted by atomic mass is 19.1. The lowest BCUT2D eigenvalue weighted by atomic mass is 9.94. The maximum atomic E-state index is 14.2. The van der Waals surface area contributed by atoms with E-state index in [4.69, 9.17) is 0 Å². The van der Waals surface area contributed by atoms with Crippen LogP contribution in [-0.2, 0) is 6.54 Å². The molecule has 3 rings (SSSR count). The van der Waals surface area contributed by atoms with Crippen molar-refractivity contribution in [1.29, 1.82) is 0 Å². The highest BCUT2D eigenvalue weighted by molar-refractivity contribution is 5.33. The fourth-order valence-electron chi connectivity index (χ4n) is 3.48. The van der Waals surface area contributed by atoms with Gasteiger partial charge in [0.05, 0.1) is 6.04 Å². The lowest BCUT2D eigenvalue weighted by Gasteiger charge is -2.41. The minimum atomic E-state index is -0.0370. The van der Waals surface area contributed by atoms with Crippen LogP contribution in [0.4, 0.5) is 4.39 Å². The molecule has 2 aliphatic heterocycles.